The van der Waals surface area contributed by atoms with Crippen LogP contribution in [0, 0.1) is 18.3 Å². The number of benzene rings is 1. The van der Waals surface area contributed by atoms with Gasteiger partial charge in [-0.05, 0) is 12.5 Å². The van der Waals surface area contributed by atoms with Crippen molar-refractivity contribution in [1.29, 1.82) is 5.26 Å². The van der Waals surface area contributed by atoms with E-state index in [0.717, 1.165) is 11.1 Å². The molecule has 0 bridgehead atoms. The molecule has 2 aromatic rings. The van der Waals surface area contributed by atoms with Crippen LogP contribution < -0.4 is 5.56 Å². The molecule has 0 atom stereocenters. The lowest BCUT2D eigenvalue weighted by Crippen LogP contribution is -2.07. The molecule has 0 saturated carbocycles. The highest BCUT2D eigenvalue weighted by atomic mass is 32.1. The smallest absolute Gasteiger partial charge is 0.249 e. The Hall–Kier alpha value is -1.99. The molecule has 1 aromatic carbocycles. The summed E-state index contributed by atoms with van der Waals surface area (Å²) in [6.45, 7) is 1.96. The largest absolute Gasteiger partial charge is 0.316 e. The third-order valence-electron chi connectivity index (χ3n) is 2.46. The van der Waals surface area contributed by atoms with Crippen LogP contribution in [0.5, 0.6) is 0 Å². The van der Waals surface area contributed by atoms with Crippen LogP contribution in [0.2, 0.25) is 0 Å². The first-order valence-electron chi connectivity index (χ1n) is 5.05. The third kappa shape index (κ3) is 2.24. The van der Waals surface area contributed by atoms with Gasteiger partial charge in [0.15, 0.2) is 0 Å². The lowest BCUT2D eigenvalue weighted by molar-refractivity contribution is 1.07. The summed E-state index contributed by atoms with van der Waals surface area (Å²) in [4.78, 5) is 13.9. The summed E-state index contributed by atoms with van der Waals surface area (Å²) in [5, 5.41) is 9.40. The number of hydrogen-bond donors (Lipinski definition) is 2. The number of hydrogen-bond acceptors (Lipinski definition) is 3. The third-order valence-corrected chi connectivity index (χ3v) is 2.80. The molecule has 0 unspecified atom stereocenters. The fraction of sp³-hybridized carbons (Fsp3) is 0.0769. The summed E-state index contributed by atoms with van der Waals surface area (Å²) in [5.74, 6) is 0. The van der Waals surface area contributed by atoms with Gasteiger partial charge in [-0.3, -0.25) is 4.79 Å². The summed E-state index contributed by atoms with van der Waals surface area (Å²) in [7, 11) is 0. The number of nitriles is 1. The molecule has 4 heteroatoms. The molecule has 3 nitrogen and oxygen atoms in total. The fourth-order valence-electron chi connectivity index (χ4n) is 1.70. The van der Waals surface area contributed by atoms with Crippen LogP contribution in [0.4, 0.5) is 0 Å². The van der Waals surface area contributed by atoms with E-state index in [1.54, 1.807) is 0 Å². The highest BCUT2D eigenvalue weighted by Crippen LogP contribution is 2.25. The standard InChI is InChI=1S/C13H10N2OS/c1-8-3-2-4-9(5-8)10-6-12(16)15-13(17)11(10)7-14/h2-6H,1H3,(H2,15,16,17). The molecule has 0 amide bonds. The highest BCUT2D eigenvalue weighted by molar-refractivity contribution is 7.80. The van der Waals surface area contributed by atoms with Gasteiger partial charge >= 0.3 is 0 Å². The minimum atomic E-state index is -0.259. The van der Waals surface area contributed by atoms with Crippen molar-refractivity contribution in [3.05, 3.63) is 51.8 Å². The maximum absolute atomic E-state index is 11.4. The molecule has 1 N–H and O–H groups in total. The summed E-state index contributed by atoms with van der Waals surface area (Å²) in [6, 6.07) is 11.1. The number of aryl methyl sites for hydroxylation is 1. The molecule has 1 heterocycles. The van der Waals surface area contributed by atoms with Gasteiger partial charge in [0.05, 0.1) is 10.6 Å². The van der Waals surface area contributed by atoms with Gasteiger partial charge in [-0.1, -0.05) is 29.8 Å². The lowest BCUT2D eigenvalue weighted by atomic mass is 10.0. The van der Waals surface area contributed by atoms with Crippen molar-refractivity contribution in [2.45, 2.75) is 11.9 Å². The minimum Gasteiger partial charge on any atom is -0.316 e. The molecule has 1 aromatic heterocycles. The van der Waals surface area contributed by atoms with E-state index in [2.05, 4.69) is 23.7 Å². The zero-order valence-electron chi connectivity index (χ0n) is 9.19. The van der Waals surface area contributed by atoms with Gasteiger partial charge in [0.2, 0.25) is 5.56 Å². The highest BCUT2D eigenvalue weighted by Gasteiger charge is 2.09. The van der Waals surface area contributed by atoms with Crippen LogP contribution in [-0.4, -0.2) is 4.98 Å². The first-order chi connectivity index (χ1) is 8.11. The number of pyridine rings is 1. The van der Waals surface area contributed by atoms with Crippen molar-refractivity contribution in [2.24, 2.45) is 0 Å². The predicted octanol–water partition coefficient (Wildman–Crippen LogP) is 2.51. The summed E-state index contributed by atoms with van der Waals surface area (Å²) < 4.78 is 0. The van der Waals surface area contributed by atoms with Crippen LogP contribution in [-0.2, 0) is 0 Å². The lowest BCUT2D eigenvalue weighted by Gasteiger charge is -2.06. The van der Waals surface area contributed by atoms with Crippen molar-refractivity contribution in [2.75, 3.05) is 0 Å². The Morgan fingerprint density at radius 2 is 2.12 bits per heavy atom. The van der Waals surface area contributed by atoms with Crippen LogP contribution in [0.15, 0.2) is 40.2 Å². The van der Waals surface area contributed by atoms with E-state index in [4.69, 9.17) is 5.26 Å². The number of H-pyrrole nitrogens is 1. The van der Waals surface area contributed by atoms with E-state index in [-0.39, 0.29) is 5.56 Å². The Balaban J connectivity index is 2.76. The quantitative estimate of drug-likeness (QED) is 0.755. The average Bonchev–Trinajstić information content (AvgIpc) is 2.28. The van der Waals surface area contributed by atoms with Gasteiger partial charge < -0.3 is 4.98 Å². The maximum atomic E-state index is 11.4. The second kappa shape index (κ2) is 4.48. The number of nitrogens with zero attached hydrogens (tertiary/aromatic N) is 1. The number of nitrogens with one attached hydrogen (secondary N) is 1. The summed E-state index contributed by atoms with van der Waals surface area (Å²) in [6.07, 6.45) is 0. The fourth-order valence-corrected chi connectivity index (χ4v) is 1.98. The second-order valence-electron chi connectivity index (χ2n) is 3.75. The molecule has 84 valence electrons. The normalized spacial score (nSPS) is 9.94. The van der Waals surface area contributed by atoms with Crippen molar-refractivity contribution in [3.63, 3.8) is 0 Å². The molecule has 0 radical (unpaired) electrons. The number of rotatable bonds is 1. The molecule has 0 spiro atoms. The van der Waals surface area contributed by atoms with Crippen LogP contribution in [0.1, 0.15) is 11.1 Å². The van der Waals surface area contributed by atoms with Crippen LogP contribution in [0.3, 0.4) is 0 Å². The molecule has 0 saturated heterocycles. The first-order valence-corrected chi connectivity index (χ1v) is 5.50. The number of aromatic amines is 1. The van der Waals surface area contributed by atoms with Crippen molar-refractivity contribution in [1.82, 2.24) is 4.98 Å². The molecule has 0 aliphatic heterocycles. The monoisotopic (exact) mass is 242 g/mol. The second-order valence-corrected chi connectivity index (χ2v) is 4.20. The Kier molecular flexibility index (Phi) is 3.03. The van der Waals surface area contributed by atoms with E-state index in [0.29, 0.717) is 16.2 Å². The van der Waals surface area contributed by atoms with Crippen molar-refractivity contribution in [3.8, 4) is 17.2 Å². The van der Waals surface area contributed by atoms with E-state index in [1.165, 1.54) is 6.07 Å². The summed E-state index contributed by atoms with van der Waals surface area (Å²) >= 11 is 4.12. The van der Waals surface area contributed by atoms with E-state index in [9.17, 15) is 4.79 Å². The molecule has 0 aliphatic rings. The zero-order valence-corrected chi connectivity index (χ0v) is 10.1. The molecule has 17 heavy (non-hydrogen) atoms. The van der Waals surface area contributed by atoms with Crippen molar-refractivity contribution >= 4 is 12.6 Å². The van der Waals surface area contributed by atoms with Crippen molar-refractivity contribution < 1.29 is 0 Å². The van der Waals surface area contributed by atoms with Crippen LogP contribution in [0.25, 0.3) is 11.1 Å². The first kappa shape index (κ1) is 11.5. The summed E-state index contributed by atoms with van der Waals surface area (Å²) in [5.41, 5.74) is 2.67. The van der Waals surface area contributed by atoms with Gasteiger partial charge in [-0.15, -0.1) is 12.6 Å². The topological polar surface area (TPSA) is 56.6 Å². The molecular formula is C13H10N2OS. The van der Waals surface area contributed by atoms with Gasteiger partial charge in [0, 0.05) is 11.6 Å². The minimum absolute atomic E-state index is 0.259. The molecule has 0 fully saturated rings. The zero-order chi connectivity index (χ0) is 12.4. The van der Waals surface area contributed by atoms with Gasteiger partial charge in [-0.25, -0.2) is 0 Å². The SMILES string of the molecule is Cc1cccc(-c2cc(=O)[nH]c(S)c2C#N)c1. The molecule has 0 aliphatic carbocycles. The van der Waals surface area contributed by atoms with E-state index in [1.807, 2.05) is 31.2 Å². The van der Waals surface area contributed by atoms with Gasteiger partial charge in [-0.2, -0.15) is 5.26 Å². The Labute approximate surface area is 104 Å². The van der Waals surface area contributed by atoms with Gasteiger partial charge in [0.25, 0.3) is 0 Å². The van der Waals surface area contributed by atoms with Crippen LogP contribution >= 0.6 is 12.6 Å². The average molecular weight is 242 g/mol. The molecule has 2 rings (SSSR count). The van der Waals surface area contributed by atoms with E-state index < -0.39 is 0 Å². The Bertz CT molecular complexity index is 668. The van der Waals surface area contributed by atoms with E-state index >= 15 is 0 Å². The Morgan fingerprint density at radius 3 is 2.76 bits per heavy atom. The Morgan fingerprint density at radius 1 is 1.35 bits per heavy atom. The maximum Gasteiger partial charge on any atom is 0.249 e. The predicted molar refractivity (Wildman–Crippen MR) is 69.2 cm³/mol. The number of aromatic nitrogens is 1. The van der Waals surface area contributed by atoms with Gasteiger partial charge in [0.1, 0.15) is 6.07 Å². The molecular weight excluding hydrogens is 232 g/mol. The number of thiol groups is 1.